The van der Waals surface area contributed by atoms with E-state index in [9.17, 15) is 0 Å². The molecule has 0 N–H and O–H groups in total. The average Bonchev–Trinajstić information content (AvgIpc) is 2.69. The Morgan fingerprint density at radius 1 is 0.467 bits per heavy atom. The number of halogens is 1. The lowest BCUT2D eigenvalue weighted by molar-refractivity contribution is 0.616. The van der Waals surface area contributed by atoms with Crippen LogP contribution in [0.2, 0.25) is 13.1 Å². The molecule has 182 valence electrons. The fourth-order valence-electron chi connectivity index (χ4n) is 5.05. The molecule has 0 nitrogen and oxygen atoms in total. The maximum Gasteiger partial charge on any atom is 0.190 e. The van der Waals surface area contributed by atoms with Gasteiger partial charge in [-0.3, -0.25) is 0 Å². The van der Waals surface area contributed by atoms with Crippen molar-refractivity contribution in [2.24, 2.45) is 0 Å². The lowest BCUT2D eigenvalue weighted by atomic mass is 10.1. The first-order valence-electron chi connectivity index (χ1n) is 13.9. The first-order valence-corrected chi connectivity index (χ1v) is 20.7. The highest BCUT2D eigenvalue weighted by molar-refractivity contribution is 7.78. The van der Waals surface area contributed by atoms with Gasteiger partial charge in [-0.05, 0) is 38.5 Å². The molecule has 0 atom stereocenters. The van der Waals surface area contributed by atoms with Crippen LogP contribution >= 0.6 is 18.3 Å². The van der Waals surface area contributed by atoms with Gasteiger partial charge in [0.25, 0.3) is 0 Å². The zero-order valence-corrected chi connectivity index (χ0v) is 24.5. The van der Waals surface area contributed by atoms with Crippen molar-refractivity contribution < 1.29 is 0 Å². The Labute approximate surface area is 199 Å². The van der Waals surface area contributed by atoms with E-state index in [0.29, 0.717) is 0 Å². The minimum atomic E-state index is -1.51. The summed E-state index contributed by atoms with van der Waals surface area (Å²) in [5.74, 6) is 1.46. The summed E-state index contributed by atoms with van der Waals surface area (Å²) in [6.45, 7) is 11.8. The summed E-state index contributed by atoms with van der Waals surface area (Å²) in [6, 6.07) is 0. The van der Waals surface area contributed by atoms with Gasteiger partial charge in [0.1, 0.15) is 0 Å². The van der Waals surface area contributed by atoms with E-state index in [1.165, 1.54) is 121 Å². The normalized spacial score (nSPS) is 12.6. The van der Waals surface area contributed by atoms with Crippen molar-refractivity contribution in [1.29, 1.82) is 0 Å². The number of rotatable bonds is 23. The van der Waals surface area contributed by atoms with Gasteiger partial charge in [0, 0.05) is 7.26 Å². The molecule has 0 radical (unpaired) electrons. The van der Waals surface area contributed by atoms with Gasteiger partial charge in [0.05, 0.1) is 24.3 Å². The van der Waals surface area contributed by atoms with E-state index < -0.39 is 14.6 Å². The second-order valence-electron chi connectivity index (χ2n) is 10.7. The Balaban J connectivity index is 4.75. The van der Waals surface area contributed by atoms with Gasteiger partial charge >= 0.3 is 0 Å². The van der Waals surface area contributed by atoms with Gasteiger partial charge in [0.15, 0.2) is 7.38 Å². The van der Waals surface area contributed by atoms with Crippen LogP contribution in [-0.2, 0) is 0 Å². The highest BCUT2D eigenvalue weighted by Gasteiger charge is 2.41. The molecular weight excluding hydrogens is 419 g/mol. The molecule has 0 unspecified atom stereocenters. The highest BCUT2D eigenvalue weighted by Crippen LogP contribution is 2.62. The second-order valence-corrected chi connectivity index (χ2v) is 22.5. The van der Waals surface area contributed by atoms with Gasteiger partial charge in [-0.2, -0.15) is 11.1 Å². The Hall–Kier alpha value is 0.937. The maximum absolute atomic E-state index is 7.03. The van der Waals surface area contributed by atoms with E-state index >= 15 is 0 Å². The van der Waals surface area contributed by atoms with Crippen LogP contribution < -0.4 is 0 Å². The lowest BCUT2D eigenvalue weighted by Gasteiger charge is -2.32. The van der Waals surface area contributed by atoms with Gasteiger partial charge in [-0.15, -0.1) is 0 Å². The molecule has 0 saturated carbocycles. The van der Waals surface area contributed by atoms with Crippen molar-refractivity contribution in [2.45, 2.75) is 149 Å². The van der Waals surface area contributed by atoms with Crippen LogP contribution in [0.3, 0.4) is 0 Å². The highest BCUT2D eigenvalue weighted by atomic mass is 35.6. The van der Waals surface area contributed by atoms with E-state index in [-0.39, 0.29) is 0 Å². The third-order valence-corrected chi connectivity index (χ3v) is 17.2. The zero-order chi connectivity index (χ0) is 22.6. The zero-order valence-electron chi connectivity index (χ0n) is 21.9. The number of hydrogen-bond donors (Lipinski definition) is 0. The van der Waals surface area contributed by atoms with E-state index in [1.54, 1.807) is 18.5 Å². The summed E-state index contributed by atoms with van der Waals surface area (Å²) < 4.78 is 0. The summed E-state index contributed by atoms with van der Waals surface area (Å²) in [5.41, 5.74) is 0. The molecule has 0 fully saturated rings. The van der Waals surface area contributed by atoms with Crippen molar-refractivity contribution in [3.63, 3.8) is 0 Å². The molecule has 0 heterocycles. The van der Waals surface area contributed by atoms with Gasteiger partial charge in [-0.25, -0.2) is 0 Å². The molecule has 0 aliphatic rings. The molecule has 0 saturated heterocycles. The molecule has 0 aromatic rings. The number of hydrogen-bond acceptors (Lipinski definition) is 0. The van der Waals surface area contributed by atoms with E-state index in [1.807, 2.05) is 0 Å². The SMILES string of the molecule is CCCCCCCC[P+](CCCCCCCC)(CCCCCCCC)C[Si](C)(C)Cl. The summed E-state index contributed by atoms with van der Waals surface area (Å²) in [6.07, 6.45) is 30.7. The number of unbranched alkanes of at least 4 members (excludes halogenated alkanes) is 15. The molecule has 0 aliphatic heterocycles. The van der Waals surface area contributed by atoms with Crippen LogP contribution in [0.25, 0.3) is 0 Å². The predicted molar refractivity (Wildman–Crippen MR) is 150 cm³/mol. The van der Waals surface area contributed by atoms with E-state index in [0.717, 1.165) is 0 Å². The third kappa shape index (κ3) is 19.6. The first-order chi connectivity index (χ1) is 14.4. The standard InChI is InChI=1S/C27H59ClPSi/c1-6-9-12-15-18-21-24-29(27-30(4,5)28,25-22-19-16-13-10-7-2)26-23-20-17-14-11-8-3/h6-27H2,1-5H3/q+1. The van der Waals surface area contributed by atoms with E-state index in [4.69, 9.17) is 11.1 Å². The lowest BCUT2D eigenvalue weighted by Crippen LogP contribution is -2.29. The minimum Gasteiger partial charge on any atom is -0.163 e. The average molecular weight is 478 g/mol. The molecule has 3 heteroatoms. The first kappa shape index (κ1) is 30.9. The Morgan fingerprint density at radius 2 is 0.733 bits per heavy atom. The fourth-order valence-corrected chi connectivity index (χ4v) is 19.0. The molecule has 0 rings (SSSR count). The van der Waals surface area contributed by atoms with Gasteiger partial charge in [0.2, 0.25) is 0 Å². The maximum atomic E-state index is 7.03. The van der Waals surface area contributed by atoms with Gasteiger partial charge < -0.3 is 0 Å². The van der Waals surface area contributed by atoms with Crippen LogP contribution in [0.5, 0.6) is 0 Å². The summed E-state index contributed by atoms with van der Waals surface area (Å²) in [4.78, 5) is 0. The Morgan fingerprint density at radius 3 is 1.00 bits per heavy atom. The Kier molecular flexibility index (Phi) is 21.2. The third-order valence-electron chi connectivity index (χ3n) is 6.67. The van der Waals surface area contributed by atoms with Crippen molar-refractivity contribution in [3.8, 4) is 0 Å². The van der Waals surface area contributed by atoms with Crippen molar-refractivity contribution in [3.05, 3.63) is 0 Å². The topological polar surface area (TPSA) is 0 Å². The monoisotopic (exact) mass is 477 g/mol. The van der Waals surface area contributed by atoms with Crippen molar-refractivity contribution in [2.75, 3.05) is 24.3 Å². The second kappa shape index (κ2) is 20.5. The molecule has 0 bridgehead atoms. The van der Waals surface area contributed by atoms with Crippen LogP contribution in [0, 0.1) is 0 Å². The predicted octanol–water partition coefficient (Wildman–Crippen LogP) is 11.1. The summed E-state index contributed by atoms with van der Waals surface area (Å²) in [5, 5.41) is 0. The van der Waals surface area contributed by atoms with E-state index in [2.05, 4.69) is 33.9 Å². The minimum absolute atomic E-state index is 0.855. The summed E-state index contributed by atoms with van der Waals surface area (Å²) in [7, 11) is -2.37. The quantitative estimate of drug-likeness (QED) is 0.0593. The molecule has 0 aromatic carbocycles. The van der Waals surface area contributed by atoms with Crippen LogP contribution in [0.1, 0.15) is 136 Å². The van der Waals surface area contributed by atoms with Gasteiger partial charge in [-0.1, -0.05) is 111 Å². The van der Waals surface area contributed by atoms with Crippen LogP contribution in [0.4, 0.5) is 0 Å². The summed E-state index contributed by atoms with van der Waals surface area (Å²) >= 11 is 7.03. The van der Waals surface area contributed by atoms with Crippen LogP contribution in [-0.4, -0.2) is 31.7 Å². The van der Waals surface area contributed by atoms with Crippen molar-refractivity contribution >= 4 is 25.7 Å². The smallest absolute Gasteiger partial charge is 0.163 e. The Bertz CT molecular complexity index is 312. The molecule has 0 aromatic heterocycles. The molecule has 0 spiro atoms. The molecule has 0 aliphatic carbocycles. The molecule has 30 heavy (non-hydrogen) atoms. The molecule has 0 amide bonds. The fraction of sp³-hybridized carbons (Fsp3) is 1.00. The molecular formula is C27H59ClPSi+. The largest absolute Gasteiger partial charge is 0.190 e. The van der Waals surface area contributed by atoms with Crippen molar-refractivity contribution in [1.82, 2.24) is 0 Å². The van der Waals surface area contributed by atoms with Crippen LogP contribution in [0.15, 0.2) is 0 Å².